The van der Waals surface area contributed by atoms with E-state index in [9.17, 15) is 28.1 Å². The standard InChI is InChI=1S/C36H38ClFN4O7S/c1-5-25(3)39-36(44)33(19-26-11-7-6-8-12-26)40(22-27-13-9-10-14-30(27)38)35(43)23-41(32-20-28(37)16-18-34(32)49-4)50(47,48)29-17-15-24(2)31(21-29)42(45)46/h6-18,20-21,25,33H,5,19,22-23H2,1-4H3,(H,39,44)/t25-,33-/m0/s1. The number of nitro groups is 1. The lowest BCUT2D eigenvalue weighted by Gasteiger charge is -2.34. The zero-order valence-corrected chi connectivity index (χ0v) is 29.6. The van der Waals surface area contributed by atoms with Crippen molar-refractivity contribution in [2.75, 3.05) is 18.0 Å². The molecule has 0 aliphatic rings. The molecule has 0 saturated carbocycles. The molecule has 0 aliphatic heterocycles. The molecule has 0 aromatic heterocycles. The van der Waals surface area contributed by atoms with Gasteiger partial charge < -0.3 is 15.0 Å². The minimum Gasteiger partial charge on any atom is -0.495 e. The van der Waals surface area contributed by atoms with Gasteiger partial charge in [0, 0.05) is 41.2 Å². The third-order valence-electron chi connectivity index (χ3n) is 8.22. The van der Waals surface area contributed by atoms with E-state index in [1.54, 1.807) is 43.3 Å². The van der Waals surface area contributed by atoms with E-state index >= 15 is 4.39 Å². The molecule has 4 rings (SSSR count). The summed E-state index contributed by atoms with van der Waals surface area (Å²) in [5.74, 6) is -1.97. The molecule has 264 valence electrons. The van der Waals surface area contributed by atoms with Gasteiger partial charge >= 0.3 is 0 Å². The molecule has 4 aromatic carbocycles. The number of amides is 2. The van der Waals surface area contributed by atoms with Gasteiger partial charge in [0.05, 0.1) is 22.6 Å². The van der Waals surface area contributed by atoms with Crippen LogP contribution in [0.4, 0.5) is 15.8 Å². The molecule has 0 aliphatic carbocycles. The Morgan fingerprint density at radius 2 is 1.70 bits per heavy atom. The summed E-state index contributed by atoms with van der Waals surface area (Å²) in [5.41, 5.74) is 0.451. The summed E-state index contributed by atoms with van der Waals surface area (Å²) in [6, 6.07) is 20.8. The zero-order valence-electron chi connectivity index (χ0n) is 28.0. The van der Waals surface area contributed by atoms with Gasteiger partial charge in [0.25, 0.3) is 15.7 Å². The molecule has 0 bridgehead atoms. The monoisotopic (exact) mass is 724 g/mol. The first kappa shape index (κ1) is 37.8. The van der Waals surface area contributed by atoms with Crippen molar-refractivity contribution < 1.29 is 32.1 Å². The van der Waals surface area contributed by atoms with Crippen LogP contribution in [-0.2, 0) is 32.6 Å². The number of anilines is 1. The largest absolute Gasteiger partial charge is 0.495 e. The first-order chi connectivity index (χ1) is 23.8. The van der Waals surface area contributed by atoms with Crippen LogP contribution < -0.4 is 14.4 Å². The number of hydrogen-bond donors (Lipinski definition) is 1. The summed E-state index contributed by atoms with van der Waals surface area (Å²) in [4.78, 5) is 40.4. The maximum absolute atomic E-state index is 15.2. The van der Waals surface area contributed by atoms with E-state index in [0.29, 0.717) is 12.0 Å². The number of rotatable bonds is 15. The normalized spacial score (nSPS) is 12.4. The van der Waals surface area contributed by atoms with Gasteiger partial charge in [-0.15, -0.1) is 0 Å². The SMILES string of the molecule is CC[C@H](C)NC(=O)[C@H](Cc1ccccc1)N(Cc1ccccc1F)C(=O)CN(c1cc(Cl)ccc1OC)S(=O)(=O)c1ccc(C)c([N+](=O)[O-])c1. The molecule has 0 saturated heterocycles. The van der Waals surface area contributed by atoms with E-state index < -0.39 is 55.7 Å². The smallest absolute Gasteiger partial charge is 0.273 e. The highest BCUT2D eigenvalue weighted by atomic mass is 35.5. The van der Waals surface area contributed by atoms with E-state index in [4.69, 9.17) is 16.3 Å². The Balaban J connectivity index is 1.90. The van der Waals surface area contributed by atoms with Gasteiger partial charge in [-0.1, -0.05) is 73.1 Å². The molecule has 14 heteroatoms. The predicted molar refractivity (Wildman–Crippen MR) is 189 cm³/mol. The quantitative estimate of drug-likeness (QED) is 0.110. The summed E-state index contributed by atoms with van der Waals surface area (Å²) >= 11 is 6.31. The number of aryl methyl sites for hydroxylation is 1. The molecule has 0 fully saturated rings. The lowest BCUT2D eigenvalue weighted by atomic mass is 10.0. The fraction of sp³-hybridized carbons (Fsp3) is 0.278. The van der Waals surface area contributed by atoms with Crippen molar-refractivity contribution in [2.24, 2.45) is 0 Å². The van der Waals surface area contributed by atoms with Gasteiger partial charge in [-0.3, -0.25) is 24.0 Å². The van der Waals surface area contributed by atoms with Crippen LogP contribution in [0.15, 0.2) is 95.9 Å². The van der Waals surface area contributed by atoms with Crippen LogP contribution in [0, 0.1) is 22.9 Å². The second-order valence-electron chi connectivity index (χ2n) is 11.7. The minimum absolute atomic E-state index is 0.0285. The molecule has 11 nitrogen and oxygen atoms in total. The number of hydrogen-bond acceptors (Lipinski definition) is 7. The van der Waals surface area contributed by atoms with Crippen LogP contribution >= 0.6 is 11.6 Å². The van der Waals surface area contributed by atoms with Crippen LogP contribution in [0.3, 0.4) is 0 Å². The number of sulfonamides is 1. The highest BCUT2D eigenvalue weighted by Gasteiger charge is 2.37. The van der Waals surface area contributed by atoms with Gasteiger partial charge in [-0.25, -0.2) is 12.8 Å². The van der Waals surface area contributed by atoms with E-state index in [-0.39, 0.29) is 46.6 Å². The summed E-state index contributed by atoms with van der Waals surface area (Å²) < 4.78 is 50.2. The molecular weight excluding hydrogens is 687 g/mol. The number of nitrogens with one attached hydrogen (secondary N) is 1. The summed E-state index contributed by atoms with van der Waals surface area (Å²) in [6.07, 6.45) is 0.620. The van der Waals surface area contributed by atoms with Gasteiger partial charge in [-0.2, -0.15) is 0 Å². The first-order valence-corrected chi connectivity index (χ1v) is 17.6. The summed E-state index contributed by atoms with van der Waals surface area (Å²) in [7, 11) is -3.44. The maximum Gasteiger partial charge on any atom is 0.273 e. The van der Waals surface area contributed by atoms with Crippen molar-refractivity contribution in [1.29, 1.82) is 0 Å². The van der Waals surface area contributed by atoms with E-state index in [1.165, 1.54) is 62.6 Å². The average molecular weight is 725 g/mol. The van der Waals surface area contributed by atoms with Crippen molar-refractivity contribution in [2.45, 2.75) is 57.1 Å². The molecule has 50 heavy (non-hydrogen) atoms. The molecule has 4 aromatic rings. The molecule has 0 unspecified atom stereocenters. The predicted octanol–water partition coefficient (Wildman–Crippen LogP) is 6.45. The third-order valence-corrected chi connectivity index (χ3v) is 10.2. The summed E-state index contributed by atoms with van der Waals surface area (Å²) in [6.45, 7) is 3.87. The Hall–Kier alpha value is -5.01. The number of carbonyl (C=O) groups excluding carboxylic acids is 2. The Bertz CT molecular complexity index is 1960. The van der Waals surface area contributed by atoms with Gasteiger partial charge in [0.2, 0.25) is 11.8 Å². The number of ether oxygens (including phenoxy) is 1. The first-order valence-electron chi connectivity index (χ1n) is 15.7. The lowest BCUT2D eigenvalue weighted by Crippen LogP contribution is -2.54. The van der Waals surface area contributed by atoms with Gasteiger partial charge in [0.1, 0.15) is 24.2 Å². The molecule has 0 spiro atoms. The fourth-order valence-corrected chi connectivity index (χ4v) is 6.85. The van der Waals surface area contributed by atoms with E-state index in [2.05, 4.69) is 5.32 Å². The maximum atomic E-state index is 15.2. The fourth-order valence-electron chi connectivity index (χ4n) is 5.25. The number of benzene rings is 4. The van der Waals surface area contributed by atoms with Crippen LogP contribution in [0.1, 0.15) is 37.0 Å². The van der Waals surface area contributed by atoms with Crippen LogP contribution in [0.25, 0.3) is 0 Å². The molecular formula is C36H38ClFN4O7S. The van der Waals surface area contributed by atoms with Gasteiger partial charge in [-0.05, 0) is 56.2 Å². The van der Waals surface area contributed by atoms with E-state index in [1.807, 2.05) is 6.92 Å². The van der Waals surface area contributed by atoms with Crippen molar-refractivity contribution in [3.8, 4) is 5.75 Å². The second-order valence-corrected chi connectivity index (χ2v) is 14.0. The van der Waals surface area contributed by atoms with Crippen LogP contribution in [0.2, 0.25) is 5.02 Å². The molecule has 2 amide bonds. The van der Waals surface area contributed by atoms with Crippen molar-refractivity contribution in [3.05, 3.63) is 129 Å². The molecule has 0 radical (unpaired) electrons. The number of nitro benzene ring substituents is 1. The highest BCUT2D eigenvalue weighted by Crippen LogP contribution is 2.36. The van der Waals surface area contributed by atoms with Crippen molar-refractivity contribution in [3.63, 3.8) is 0 Å². The third kappa shape index (κ3) is 8.96. The molecule has 1 N–H and O–H groups in total. The Morgan fingerprint density at radius 3 is 2.34 bits per heavy atom. The number of halogens is 2. The Kier molecular flexibility index (Phi) is 12.5. The number of methoxy groups -OCH3 is 1. The van der Waals surface area contributed by atoms with Gasteiger partial charge in [0.15, 0.2) is 0 Å². The van der Waals surface area contributed by atoms with Crippen molar-refractivity contribution in [1.82, 2.24) is 10.2 Å². The second kappa shape index (κ2) is 16.6. The summed E-state index contributed by atoms with van der Waals surface area (Å²) in [5, 5.41) is 14.8. The average Bonchev–Trinajstić information content (AvgIpc) is 3.09. The molecule has 2 atom stereocenters. The number of nitrogens with zero attached hydrogens (tertiary/aromatic N) is 3. The molecule has 0 heterocycles. The topological polar surface area (TPSA) is 139 Å². The Labute approximate surface area is 295 Å². The van der Waals surface area contributed by atoms with E-state index in [0.717, 1.165) is 15.3 Å². The zero-order chi connectivity index (χ0) is 36.6. The highest BCUT2D eigenvalue weighted by molar-refractivity contribution is 7.92. The minimum atomic E-state index is -4.75. The van der Waals surface area contributed by atoms with Crippen LogP contribution in [-0.4, -0.2) is 55.8 Å². The van der Waals surface area contributed by atoms with Crippen molar-refractivity contribution >= 4 is 44.8 Å². The van der Waals surface area contributed by atoms with Crippen LogP contribution in [0.5, 0.6) is 5.75 Å². The number of carbonyl (C=O) groups is 2. The lowest BCUT2D eigenvalue weighted by molar-refractivity contribution is -0.385. The Morgan fingerprint density at radius 1 is 1.02 bits per heavy atom.